The van der Waals surface area contributed by atoms with Crippen molar-refractivity contribution in [1.82, 2.24) is 9.97 Å². The molecule has 0 saturated heterocycles. The molecule has 0 radical (unpaired) electrons. The Bertz CT molecular complexity index is 1390. The van der Waals surface area contributed by atoms with Gasteiger partial charge in [-0.05, 0) is 49.4 Å². The van der Waals surface area contributed by atoms with E-state index < -0.39 is 28.0 Å². The number of nitrogens with zero attached hydrogens (tertiary/aromatic N) is 2. The number of nitrogens with one attached hydrogen (secondary N) is 1. The zero-order valence-corrected chi connectivity index (χ0v) is 21.7. The Labute approximate surface area is 220 Å². The number of thiophene rings is 1. The average Bonchev–Trinajstić information content (AvgIpc) is 3.44. The Hall–Kier alpha value is -2.19. The van der Waals surface area contributed by atoms with Crippen LogP contribution in [0.5, 0.6) is 0 Å². The van der Waals surface area contributed by atoms with Crippen molar-refractivity contribution >= 4 is 56.4 Å². The molecule has 1 fully saturated rings. The lowest BCUT2D eigenvalue weighted by atomic mass is 10.0. The van der Waals surface area contributed by atoms with Crippen molar-refractivity contribution in [2.45, 2.75) is 31.4 Å². The van der Waals surface area contributed by atoms with E-state index in [0.29, 0.717) is 25.1 Å². The van der Waals surface area contributed by atoms with Crippen LogP contribution < -0.4 is 10.5 Å². The first kappa shape index (κ1) is 26.9. The van der Waals surface area contributed by atoms with E-state index >= 15 is 0 Å². The van der Waals surface area contributed by atoms with Gasteiger partial charge in [-0.25, -0.2) is 19.5 Å². The summed E-state index contributed by atoms with van der Waals surface area (Å²) in [6.07, 6.45) is 3.27. The smallest absolute Gasteiger partial charge is 0.333 e. The van der Waals surface area contributed by atoms with Crippen molar-refractivity contribution in [3.63, 3.8) is 0 Å². The summed E-state index contributed by atoms with van der Waals surface area (Å²) in [5, 5.41) is 19.1. The number of aliphatic hydroxyl groups excluding tert-OH is 1. The van der Waals surface area contributed by atoms with Crippen LogP contribution in [-0.4, -0.2) is 41.9 Å². The second-order valence-electron chi connectivity index (χ2n) is 8.32. The summed E-state index contributed by atoms with van der Waals surface area (Å²) < 4.78 is 41.1. The van der Waals surface area contributed by atoms with Gasteiger partial charge in [-0.3, -0.25) is 8.98 Å². The molecule has 14 heteroatoms. The van der Waals surface area contributed by atoms with Gasteiger partial charge in [-0.1, -0.05) is 23.2 Å². The quantitative estimate of drug-likeness (QED) is 0.324. The topological polar surface area (TPSA) is 144 Å². The van der Waals surface area contributed by atoms with Gasteiger partial charge in [-0.2, -0.15) is 8.42 Å². The van der Waals surface area contributed by atoms with Crippen LogP contribution >= 0.6 is 34.5 Å². The number of halogens is 3. The minimum Gasteiger partial charge on any atom is -0.383 e. The summed E-state index contributed by atoms with van der Waals surface area (Å²) >= 11 is 13.2. The minimum atomic E-state index is -4.01. The lowest BCUT2D eigenvalue weighted by Gasteiger charge is -2.15. The fraction of sp³-hybridized carbons (Fsp3) is 0.318. The van der Waals surface area contributed by atoms with Crippen LogP contribution in [0.1, 0.15) is 51.7 Å². The molecule has 2 unspecified atom stereocenters. The number of ketones is 1. The second-order valence-corrected chi connectivity index (χ2v) is 11.6. The molecule has 2 aromatic heterocycles. The number of anilines is 1. The van der Waals surface area contributed by atoms with E-state index in [9.17, 15) is 22.7 Å². The Balaban J connectivity index is 1.51. The van der Waals surface area contributed by atoms with Gasteiger partial charge in [0.15, 0.2) is 0 Å². The molecule has 0 amide bonds. The van der Waals surface area contributed by atoms with Crippen LogP contribution in [0.4, 0.5) is 10.2 Å². The fourth-order valence-corrected chi connectivity index (χ4v) is 5.90. The molecule has 1 saturated carbocycles. The van der Waals surface area contributed by atoms with Crippen molar-refractivity contribution in [3.8, 4) is 0 Å². The van der Waals surface area contributed by atoms with Crippen LogP contribution in [0.3, 0.4) is 0 Å². The molecule has 3 aromatic rings. The fourth-order valence-electron chi connectivity index (χ4n) is 4.06. The number of hydrogen-bond acceptors (Lipinski definition) is 9. The first-order chi connectivity index (χ1) is 17.0. The molecule has 9 nitrogen and oxygen atoms in total. The number of aliphatic hydroxyl groups is 1. The summed E-state index contributed by atoms with van der Waals surface area (Å²) in [5.41, 5.74) is 0.300. The van der Waals surface area contributed by atoms with Gasteiger partial charge in [-0.15, -0.1) is 11.3 Å². The highest BCUT2D eigenvalue weighted by Crippen LogP contribution is 2.38. The third-order valence-corrected chi connectivity index (χ3v) is 7.88. The number of carbonyl (C=O) groups excluding carboxylic acids is 1. The molecule has 3 atom stereocenters. The molecule has 4 N–H and O–H groups in total. The maximum Gasteiger partial charge on any atom is 0.333 e. The van der Waals surface area contributed by atoms with E-state index in [1.807, 2.05) is 0 Å². The maximum absolute atomic E-state index is 14.3. The second kappa shape index (κ2) is 11.1. The third kappa shape index (κ3) is 6.38. The SMILES string of the molecule is NS(=O)(=O)OCC1CC[C@H](Nc2ncncc2C(=O)c2cc(C(O)c3cc(Cl)ccc3F)c(Cl)s2)C1. The standard InChI is InChI=1S/C22H21Cl2FN4O5S2/c23-12-2-4-17(25)14(6-12)19(30)15-7-18(35-21(15)24)20(31)16-8-27-10-28-22(16)29-13-3-1-11(5-13)9-34-36(26,32)33/h2,4,6-8,10-11,13,19,30H,1,3,5,9H2,(H2,26,32,33)(H,27,28,29)/t11?,13-,19?/m0/s1. The lowest BCUT2D eigenvalue weighted by molar-refractivity contribution is 0.104. The Kier molecular flexibility index (Phi) is 8.25. The lowest BCUT2D eigenvalue weighted by Crippen LogP contribution is -2.22. The van der Waals surface area contributed by atoms with Gasteiger partial charge in [0.1, 0.15) is 24.1 Å². The molecule has 1 aliphatic rings. The molecule has 36 heavy (non-hydrogen) atoms. The first-order valence-corrected chi connectivity index (χ1v) is 13.8. The molecule has 2 heterocycles. The van der Waals surface area contributed by atoms with E-state index in [-0.39, 0.29) is 49.5 Å². The summed E-state index contributed by atoms with van der Waals surface area (Å²) in [6, 6.07) is 5.14. The predicted molar refractivity (Wildman–Crippen MR) is 134 cm³/mol. The maximum atomic E-state index is 14.3. The van der Waals surface area contributed by atoms with Crippen molar-refractivity contribution in [2.24, 2.45) is 11.1 Å². The van der Waals surface area contributed by atoms with Crippen LogP contribution in [0.2, 0.25) is 9.36 Å². The van der Waals surface area contributed by atoms with Crippen molar-refractivity contribution < 1.29 is 26.9 Å². The minimum absolute atomic E-state index is 0.0153. The number of aromatic nitrogens is 2. The number of hydrogen-bond donors (Lipinski definition) is 3. The number of rotatable bonds is 9. The normalized spacial score (nSPS) is 18.8. The molecular weight excluding hydrogens is 554 g/mol. The largest absolute Gasteiger partial charge is 0.383 e. The summed E-state index contributed by atoms with van der Waals surface area (Å²) in [4.78, 5) is 21.7. The predicted octanol–water partition coefficient (Wildman–Crippen LogP) is 4.10. The van der Waals surface area contributed by atoms with Crippen LogP contribution in [0.15, 0.2) is 36.8 Å². The van der Waals surface area contributed by atoms with Crippen LogP contribution in [-0.2, 0) is 14.5 Å². The first-order valence-electron chi connectivity index (χ1n) is 10.7. The highest BCUT2D eigenvalue weighted by Gasteiger charge is 2.29. The molecule has 0 aliphatic heterocycles. The Morgan fingerprint density at radius 2 is 2.08 bits per heavy atom. The molecular formula is C22H21Cl2FN4O5S2. The monoisotopic (exact) mass is 574 g/mol. The highest BCUT2D eigenvalue weighted by molar-refractivity contribution is 7.84. The van der Waals surface area contributed by atoms with Crippen molar-refractivity contribution in [3.05, 3.63) is 73.5 Å². The van der Waals surface area contributed by atoms with E-state index in [1.165, 1.54) is 30.7 Å². The summed E-state index contributed by atoms with van der Waals surface area (Å²) in [5.74, 6) is -0.800. The van der Waals surface area contributed by atoms with Gasteiger partial charge < -0.3 is 10.4 Å². The summed E-state index contributed by atoms with van der Waals surface area (Å²) in [7, 11) is -4.01. The highest BCUT2D eigenvalue weighted by atomic mass is 35.5. The number of nitrogens with two attached hydrogens (primary N) is 1. The average molecular weight is 575 g/mol. The van der Waals surface area contributed by atoms with Gasteiger partial charge in [0, 0.05) is 28.4 Å². The number of benzene rings is 1. The molecule has 4 rings (SSSR count). The Morgan fingerprint density at radius 1 is 1.31 bits per heavy atom. The van der Waals surface area contributed by atoms with Gasteiger partial charge in [0.25, 0.3) is 0 Å². The van der Waals surface area contributed by atoms with Crippen molar-refractivity contribution in [2.75, 3.05) is 11.9 Å². The van der Waals surface area contributed by atoms with E-state index in [0.717, 1.165) is 17.4 Å². The molecule has 1 aromatic carbocycles. The third-order valence-electron chi connectivity index (χ3n) is 5.79. The van der Waals surface area contributed by atoms with Gasteiger partial charge in [0.2, 0.25) is 5.78 Å². The molecule has 0 spiro atoms. The zero-order chi connectivity index (χ0) is 26.0. The van der Waals surface area contributed by atoms with Gasteiger partial charge in [0.05, 0.1) is 21.4 Å². The zero-order valence-electron chi connectivity index (χ0n) is 18.5. The molecule has 192 valence electrons. The van der Waals surface area contributed by atoms with E-state index in [4.69, 9.17) is 32.5 Å². The molecule has 0 bridgehead atoms. The van der Waals surface area contributed by atoms with Crippen LogP contribution in [0.25, 0.3) is 0 Å². The summed E-state index contributed by atoms with van der Waals surface area (Å²) in [6.45, 7) is -0.0153. The Morgan fingerprint density at radius 3 is 2.83 bits per heavy atom. The van der Waals surface area contributed by atoms with E-state index in [1.54, 1.807) is 0 Å². The number of carbonyl (C=O) groups is 1. The van der Waals surface area contributed by atoms with Crippen molar-refractivity contribution in [1.29, 1.82) is 0 Å². The van der Waals surface area contributed by atoms with Gasteiger partial charge >= 0.3 is 10.3 Å². The molecule has 1 aliphatic carbocycles. The van der Waals surface area contributed by atoms with E-state index in [2.05, 4.69) is 15.3 Å². The van der Waals surface area contributed by atoms with Crippen LogP contribution in [0, 0.1) is 11.7 Å².